The minimum atomic E-state index is 0.975. The summed E-state index contributed by atoms with van der Waals surface area (Å²) in [5, 5.41) is 3.29. The SMILES string of the molecule is CC1=CSc2nc3ccccc3n2C1. The number of benzene rings is 1. The van der Waals surface area contributed by atoms with Gasteiger partial charge in [-0.05, 0) is 30.0 Å². The molecule has 0 atom stereocenters. The van der Waals surface area contributed by atoms with Crippen LogP contribution in [0.25, 0.3) is 11.0 Å². The first-order valence-electron chi connectivity index (χ1n) is 4.62. The lowest BCUT2D eigenvalue weighted by Crippen LogP contribution is -2.03. The first kappa shape index (κ1) is 8.12. The largest absolute Gasteiger partial charge is 0.314 e. The van der Waals surface area contributed by atoms with E-state index in [-0.39, 0.29) is 0 Å². The van der Waals surface area contributed by atoms with Gasteiger partial charge in [-0.1, -0.05) is 23.9 Å². The van der Waals surface area contributed by atoms with Gasteiger partial charge in [0.05, 0.1) is 11.0 Å². The molecule has 1 aliphatic heterocycles. The third-order valence-electron chi connectivity index (χ3n) is 2.39. The average Bonchev–Trinajstić information content (AvgIpc) is 2.56. The van der Waals surface area contributed by atoms with Crippen molar-refractivity contribution in [1.82, 2.24) is 9.55 Å². The summed E-state index contributed by atoms with van der Waals surface area (Å²) in [7, 11) is 0. The molecule has 2 nitrogen and oxygen atoms in total. The predicted octanol–water partition coefficient (Wildman–Crippen LogP) is 3.05. The minimum Gasteiger partial charge on any atom is -0.314 e. The Balaban J connectivity index is 2.29. The second-order valence-corrected chi connectivity index (χ2v) is 4.39. The van der Waals surface area contributed by atoms with Crippen LogP contribution >= 0.6 is 11.8 Å². The van der Waals surface area contributed by atoms with E-state index in [0.29, 0.717) is 0 Å². The summed E-state index contributed by atoms with van der Waals surface area (Å²) < 4.78 is 2.27. The summed E-state index contributed by atoms with van der Waals surface area (Å²) in [6, 6.07) is 8.30. The zero-order valence-electron chi connectivity index (χ0n) is 7.90. The molecule has 0 unspecified atom stereocenters. The summed E-state index contributed by atoms with van der Waals surface area (Å²) in [4.78, 5) is 4.57. The molecule has 0 N–H and O–H groups in total. The van der Waals surface area contributed by atoms with Crippen molar-refractivity contribution in [3.05, 3.63) is 35.2 Å². The van der Waals surface area contributed by atoms with Crippen LogP contribution in [0.4, 0.5) is 0 Å². The van der Waals surface area contributed by atoms with Gasteiger partial charge in [0.25, 0.3) is 0 Å². The monoisotopic (exact) mass is 202 g/mol. The van der Waals surface area contributed by atoms with Crippen LogP contribution in [0.15, 0.2) is 40.4 Å². The lowest BCUT2D eigenvalue weighted by atomic mass is 10.3. The van der Waals surface area contributed by atoms with Crippen LogP contribution in [0.5, 0.6) is 0 Å². The summed E-state index contributed by atoms with van der Waals surface area (Å²) in [5.41, 5.74) is 3.73. The fraction of sp³-hybridized carbons (Fsp3) is 0.182. The van der Waals surface area contributed by atoms with Crippen molar-refractivity contribution in [2.45, 2.75) is 18.6 Å². The van der Waals surface area contributed by atoms with Gasteiger partial charge >= 0.3 is 0 Å². The van der Waals surface area contributed by atoms with Gasteiger partial charge in [-0.2, -0.15) is 0 Å². The summed E-state index contributed by atoms with van der Waals surface area (Å²) >= 11 is 1.71. The maximum Gasteiger partial charge on any atom is 0.173 e. The lowest BCUT2D eigenvalue weighted by molar-refractivity contribution is 0.715. The Morgan fingerprint density at radius 3 is 3.14 bits per heavy atom. The number of rotatable bonds is 0. The molecule has 0 aliphatic carbocycles. The molecule has 0 saturated heterocycles. The Morgan fingerprint density at radius 2 is 2.21 bits per heavy atom. The number of hydrogen-bond acceptors (Lipinski definition) is 2. The highest BCUT2D eigenvalue weighted by Crippen LogP contribution is 2.30. The summed E-state index contributed by atoms with van der Waals surface area (Å²) in [6.07, 6.45) is 0. The second kappa shape index (κ2) is 2.89. The normalized spacial score (nSPS) is 15.4. The van der Waals surface area contributed by atoms with E-state index in [9.17, 15) is 0 Å². The van der Waals surface area contributed by atoms with E-state index in [2.05, 4.69) is 40.1 Å². The lowest BCUT2D eigenvalue weighted by Gasteiger charge is -2.12. The fourth-order valence-electron chi connectivity index (χ4n) is 1.74. The van der Waals surface area contributed by atoms with E-state index in [1.165, 1.54) is 11.1 Å². The summed E-state index contributed by atoms with van der Waals surface area (Å²) in [6.45, 7) is 3.13. The number of imidazole rings is 1. The van der Waals surface area contributed by atoms with Crippen LogP contribution in [0.2, 0.25) is 0 Å². The van der Waals surface area contributed by atoms with Gasteiger partial charge in [0.2, 0.25) is 0 Å². The number of para-hydroxylation sites is 2. The number of hydrogen-bond donors (Lipinski definition) is 0. The molecule has 0 fully saturated rings. The Kier molecular flexibility index (Phi) is 1.67. The molecular formula is C11H10N2S. The second-order valence-electron chi connectivity index (χ2n) is 3.55. The Labute approximate surface area is 86.6 Å². The summed E-state index contributed by atoms with van der Waals surface area (Å²) in [5.74, 6) is 0. The van der Waals surface area contributed by atoms with Gasteiger partial charge < -0.3 is 4.57 Å². The fourth-order valence-corrected chi connectivity index (χ4v) is 2.56. The molecule has 3 heteroatoms. The Hall–Kier alpha value is -1.22. The Morgan fingerprint density at radius 1 is 1.36 bits per heavy atom. The van der Waals surface area contributed by atoms with Crippen molar-refractivity contribution in [1.29, 1.82) is 0 Å². The number of aromatic nitrogens is 2. The van der Waals surface area contributed by atoms with Crippen molar-refractivity contribution < 1.29 is 0 Å². The molecule has 1 aromatic heterocycles. The van der Waals surface area contributed by atoms with E-state index >= 15 is 0 Å². The van der Waals surface area contributed by atoms with Crippen molar-refractivity contribution in [3.63, 3.8) is 0 Å². The van der Waals surface area contributed by atoms with Gasteiger partial charge in [0.1, 0.15) is 0 Å². The number of nitrogens with zero attached hydrogens (tertiary/aromatic N) is 2. The number of allylic oxidation sites excluding steroid dienone is 1. The highest BCUT2D eigenvalue weighted by Gasteiger charge is 2.13. The van der Waals surface area contributed by atoms with Crippen LogP contribution in [-0.2, 0) is 6.54 Å². The molecule has 14 heavy (non-hydrogen) atoms. The molecule has 2 aromatic rings. The zero-order valence-corrected chi connectivity index (χ0v) is 8.71. The maximum absolute atomic E-state index is 4.57. The first-order valence-corrected chi connectivity index (χ1v) is 5.50. The van der Waals surface area contributed by atoms with Crippen LogP contribution in [0.3, 0.4) is 0 Å². The Bertz CT molecular complexity index is 525. The number of fused-ring (bicyclic) bond motifs is 3. The quantitative estimate of drug-likeness (QED) is 0.653. The minimum absolute atomic E-state index is 0.975. The molecule has 3 rings (SSSR count). The standard InChI is InChI=1S/C11H10N2S/c1-8-6-13-10-5-3-2-4-9(10)12-11(13)14-7-8/h2-5,7H,6H2,1H3. The van der Waals surface area contributed by atoms with Crippen molar-refractivity contribution in [2.75, 3.05) is 0 Å². The van der Waals surface area contributed by atoms with Crippen LogP contribution in [0, 0.1) is 0 Å². The topological polar surface area (TPSA) is 17.8 Å². The molecular weight excluding hydrogens is 192 g/mol. The molecule has 2 heterocycles. The van der Waals surface area contributed by atoms with Crippen molar-refractivity contribution in [3.8, 4) is 0 Å². The first-order chi connectivity index (χ1) is 6.84. The third kappa shape index (κ3) is 1.09. The molecule has 0 spiro atoms. The molecule has 0 saturated carbocycles. The van der Waals surface area contributed by atoms with Crippen LogP contribution in [0.1, 0.15) is 6.92 Å². The molecule has 1 aromatic carbocycles. The van der Waals surface area contributed by atoms with E-state index in [4.69, 9.17) is 0 Å². The van der Waals surface area contributed by atoms with Gasteiger partial charge in [0.15, 0.2) is 5.16 Å². The highest BCUT2D eigenvalue weighted by atomic mass is 32.2. The maximum atomic E-state index is 4.57. The van der Waals surface area contributed by atoms with E-state index in [1.54, 1.807) is 11.8 Å². The van der Waals surface area contributed by atoms with Gasteiger partial charge in [-0.25, -0.2) is 4.98 Å². The van der Waals surface area contributed by atoms with Gasteiger partial charge in [0, 0.05) is 6.54 Å². The smallest absolute Gasteiger partial charge is 0.173 e. The van der Waals surface area contributed by atoms with Crippen molar-refractivity contribution >= 4 is 22.8 Å². The van der Waals surface area contributed by atoms with E-state index < -0.39 is 0 Å². The van der Waals surface area contributed by atoms with Gasteiger partial charge in [-0.3, -0.25) is 0 Å². The van der Waals surface area contributed by atoms with E-state index in [1.807, 2.05) is 6.07 Å². The molecule has 70 valence electrons. The van der Waals surface area contributed by atoms with Crippen LogP contribution in [-0.4, -0.2) is 9.55 Å². The zero-order chi connectivity index (χ0) is 9.54. The third-order valence-corrected chi connectivity index (χ3v) is 3.44. The molecule has 0 radical (unpaired) electrons. The van der Waals surface area contributed by atoms with E-state index in [0.717, 1.165) is 17.2 Å². The highest BCUT2D eigenvalue weighted by molar-refractivity contribution is 8.02. The van der Waals surface area contributed by atoms with Gasteiger partial charge in [-0.15, -0.1) is 0 Å². The predicted molar refractivity (Wildman–Crippen MR) is 59.3 cm³/mol. The van der Waals surface area contributed by atoms with Crippen LogP contribution < -0.4 is 0 Å². The molecule has 0 amide bonds. The molecule has 0 bridgehead atoms. The average molecular weight is 202 g/mol. The molecule has 1 aliphatic rings. The van der Waals surface area contributed by atoms with Crippen molar-refractivity contribution in [2.24, 2.45) is 0 Å². The number of thioether (sulfide) groups is 1.